The molecule has 28 heavy (non-hydrogen) atoms. The lowest BCUT2D eigenvalue weighted by atomic mass is 9.91. The van der Waals surface area contributed by atoms with Crippen LogP contribution in [0.1, 0.15) is 28.5 Å². The molecule has 1 aliphatic rings. The van der Waals surface area contributed by atoms with Gasteiger partial charge in [0.1, 0.15) is 18.0 Å². The van der Waals surface area contributed by atoms with Gasteiger partial charge in [-0.25, -0.2) is 0 Å². The van der Waals surface area contributed by atoms with Crippen LogP contribution in [0.25, 0.3) is 10.1 Å². The molecule has 4 atom stereocenters. The Morgan fingerprint density at radius 2 is 1.93 bits per heavy atom. The van der Waals surface area contributed by atoms with Crippen LogP contribution in [0.2, 0.25) is 5.02 Å². The standard InChI is InChI=1S/C21H21ClO5S/c22-16-9-17(24)15(21-20(26)18(25)8-13(10-23)27-21)7-12(16)6-14-5-11-3-1-2-4-19(11)28-14/h1-5,7,9,13,18,20-21,23-26H,6,8,10H2/t13?,18-,20+,21?/m0/s1. The number of fused-ring (bicyclic) bond motifs is 1. The van der Waals surface area contributed by atoms with Crippen LogP contribution in [0.4, 0.5) is 0 Å². The number of rotatable bonds is 4. The van der Waals surface area contributed by atoms with E-state index in [1.165, 1.54) is 10.8 Å². The van der Waals surface area contributed by atoms with E-state index in [2.05, 4.69) is 18.2 Å². The summed E-state index contributed by atoms with van der Waals surface area (Å²) in [6.45, 7) is -0.275. The molecule has 2 aromatic carbocycles. The zero-order valence-corrected chi connectivity index (χ0v) is 16.5. The highest BCUT2D eigenvalue weighted by molar-refractivity contribution is 7.19. The number of phenols is 1. The number of aliphatic hydroxyl groups is 3. The molecule has 4 rings (SSSR count). The second-order valence-corrected chi connectivity index (χ2v) is 8.66. The molecule has 1 saturated heterocycles. The number of hydrogen-bond donors (Lipinski definition) is 4. The van der Waals surface area contributed by atoms with Crippen LogP contribution in [0, 0.1) is 0 Å². The number of benzene rings is 2. The Morgan fingerprint density at radius 1 is 1.14 bits per heavy atom. The van der Waals surface area contributed by atoms with Crippen molar-refractivity contribution in [3.63, 3.8) is 0 Å². The monoisotopic (exact) mass is 420 g/mol. The van der Waals surface area contributed by atoms with E-state index >= 15 is 0 Å². The highest BCUT2D eigenvalue weighted by Gasteiger charge is 2.38. The summed E-state index contributed by atoms with van der Waals surface area (Å²) in [5, 5.41) is 41.8. The maximum Gasteiger partial charge on any atom is 0.122 e. The van der Waals surface area contributed by atoms with Crippen molar-refractivity contribution in [2.24, 2.45) is 0 Å². The van der Waals surface area contributed by atoms with Gasteiger partial charge in [-0.05, 0) is 35.2 Å². The van der Waals surface area contributed by atoms with Gasteiger partial charge in [0, 0.05) is 33.0 Å². The van der Waals surface area contributed by atoms with Crippen LogP contribution >= 0.6 is 22.9 Å². The minimum Gasteiger partial charge on any atom is -0.508 e. The summed E-state index contributed by atoms with van der Waals surface area (Å²) in [6, 6.07) is 13.4. The van der Waals surface area contributed by atoms with Gasteiger partial charge in [-0.2, -0.15) is 0 Å². The van der Waals surface area contributed by atoms with Crippen molar-refractivity contribution < 1.29 is 25.2 Å². The van der Waals surface area contributed by atoms with Crippen molar-refractivity contribution >= 4 is 33.0 Å². The molecule has 2 unspecified atom stereocenters. The summed E-state index contributed by atoms with van der Waals surface area (Å²) in [6.07, 6.45) is -3.09. The number of phenolic OH excluding ortho intramolecular Hbond substituents is 1. The topological polar surface area (TPSA) is 90.2 Å². The number of ether oxygens (including phenoxy) is 1. The van der Waals surface area contributed by atoms with E-state index in [1.807, 2.05) is 12.1 Å². The van der Waals surface area contributed by atoms with E-state index in [-0.39, 0.29) is 18.8 Å². The minimum atomic E-state index is -1.20. The zero-order chi connectivity index (χ0) is 19.8. The molecular weight excluding hydrogens is 400 g/mol. The molecule has 0 bridgehead atoms. The van der Waals surface area contributed by atoms with Crippen molar-refractivity contribution in [1.82, 2.24) is 0 Å². The third-order valence-electron chi connectivity index (χ3n) is 5.09. The first-order chi connectivity index (χ1) is 13.5. The molecule has 148 valence electrons. The lowest BCUT2D eigenvalue weighted by molar-refractivity contribution is -0.180. The number of thiophene rings is 1. The quantitative estimate of drug-likeness (QED) is 0.519. The fourth-order valence-electron chi connectivity index (χ4n) is 3.63. The molecule has 5 nitrogen and oxygen atoms in total. The molecule has 0 radical (unpaired) electrons. The molecule has 4 N–H and O–H groups in total. The fourth-order valence-corrected chi connectivity index (χ4v) is 4.94. The smallest absolute Gasteiger partial charge is 0.122 e. The summed E-state index contributed by atoms with van der Waals surface area (Å²) in [5.41, 5.74) is 1.14. The van der Waals surface area contributed by atoms with Crippen LogP contribution in [0.15, 0.2) is 42.5 Å². The Morgan fingerprint density at radius 3 is 2.68 bits per heavy atom. The molecule has 1 fully saturated rings. The summed E-state index contributed by atoms with van der Waals surface area (Å²) in [7, 11) is 0. The van der Waals surface area contributed by atoms with Gasteiger partial charge in [-0.3, -0.25) is 0 Å². The molecule has 1 aliphatic heterocycles. The average molecular weight is 421 g/mol. The predicted molar refractivity (Wildman–Crippen MR) is 109 cm³/mol. The van der Waals surface area contributed by atoms with Gasteiger partial charge in [-0.1, -0.05) is 29.8 Å². The highest BCUT2D eigenvalue weighted by Crippen LogP contribution is 2.39. The van der Waals surface area contributed by atoms with Gasteiger partial charge in [0.25, 0.3) is 0 Å². The van der Waals surface area contributed by atoms with Crippen LogP contribution in [-0.2, 0) is 11.2 Å². The van der Waals surface area contributed by atoms with Crippen molar-refractivity contribution in [2.45, 2.75) is 37.3 Å². The number of halogens is 1. The maximum absolute atomic E-state index is 10.4. The van der Waals surface area contributed by atoms with E-state index in [9.17, 15) is 20.4 Å². The Labute approximate surface area is 171 Å². The lowest BCUT2D eigenvalue weighted by Crippen LogP contribution is -2.44. The van der Waals surface area contributed by atoms with Crippen LogP contribution in [-0.4, -0.2) is 45.3 Å². The summed E-state index contributed by atoms with van der Waals surface area (Å²) >= 11 is 8.04. The predicted octanol–water partition coefficient (Wildman–Crippen LogP) is 3.40. The zero-order valence-electron chi connectivity index (χ0n) is 15.0. The van der Waals surface area contributed by atoms with Crippen LogP contribution < -0.4 is 0 Å². The summed E-state index contributed by atoms with van der Waals surface area (Å²) in [5.74, 6) is -0.111. The van der Waals surface area contributed by atoms with Gasteiger partial charge >= 0.3 is 0 Å². The molecule has 3 aromatic rings. The molecule has 1 aromatic heterocycles. The molecule has 7 heteroatoms. The second kappa shape index (κ2) is 7.99. The Bertz CT molecular complexity index is 955. The van der Waals surface area contributed by atoms with E-state index < -0.39 is 24.4 Å². The Kier molecular flexibility index (Phi) is 5.60. The van der Waals surface area contributed by atoms with Crippen LogP contribution in [0.5, 0.6) is 5.75 Å². The largest absolute Gasteiger partial charge is 0.508 e. The third kappa shape index (κ3) is 3.76. The van der Waals surface area contributed by atoms with Gasteiger partial charge in [0.15, 0.2) is 0 Å². The van der Waals surface area contributed by atoms with Crippen molar-refractivity contribution in [3.05, 3.63) is 63.5 Å². The Hall–Kier alpha value is -1.67. The molecule has 0 aliphatic carbocycles. The van der Waals surface area contributed by atoms with Crippen LogP contribution in [0.3, 0.4) is 0 Å². The van der Waals surface area contributed by atoms with E-state index in [0.29, 0.717) is 17.0 Å². The first kappa shape index (κ1) is 19.6. The molecular formula is C21H21ClO5S. The summed E-state index contributed by atoms with van der Waals surface area (Å²) in [4.78, 5) is 1.12. The SMILES string of the molecule is OCC1C[C@H](O)[C@@H](O)C(c2cc(Cc3cc4ccccc4s3)c(Cl)cc2O)O1. The molecule has 0 amide bonds. The van der Waals surface area contributed by atoms with E-state index in [1.54, 1.807) is 17.4 Å². The fraction of sp³-hybridized carbons (Fsp3) is 0.333. The van der Waals surface area contributed by atoms with Gasteiger partial charge in [0.05, 0.1) is 18.8 Å². The second-order valence-electron chi connectivity index (χ2n) is 7.08. The van der Waals surface area contributed by atoms with E-state index in [0.717, 1.165) is 15.8 Å². The van der Waals surface area contributed by atoms with Crippen molar-refractivity contribution in [1.29, 1.82) is 0 Å². The molecule has 0 saturated carbocycles. The van der Waals surface area contributed by atoms with Gasteiger partial charge in [0.2, 0.25) is 0 Å². The van der Waals surface area contributed by atoms with Gasteiger partial charge in [-0.15, -0.1) is 11.3 Å². The number of aliphatic hydroxyl groups excluding tert-OH is 3. The summed E-state index contributed by atoms with van der Waals surface area (Å²) < 4.78 is 6.91. The first-order valence-corrected chi connectivity index (χ1v) is 10.3. The third-order valence-corrected chi connectivity index (χ3v) is 6.56. The highest BCUT2D eigenvalue weighted by atomic mass is 35.5. The lowest BCUT2D eigenvalue weighted by Gasteiger charge is -2.37. The van der Waals surface area contributed by atoms with Crippen molar-refractivity contribution in [3.8, 4) is 5.75 Å². The minimum absolute atomic E-state index is 0.111. The van der Waals surface area contributed by atoms with E-state index in [4.69, 9.17) is 16.3 Å². The Balaban J connectivity index is 1.67. The normalized spacial score (nSPS) is 25.3. The van der Waals surface area contributed by atoms with Gasteiger partial charge < -0.3 is 25.2 Å². The maximum atomic E-state index is 10.4. The molecule has 0 spiro atoms. The number of hydrogen-bond acceptors (Lipinski definition) is 6. The van der Waals surface area contributed by atoms with Crippen molar-refractivity contribution in [2.75, 3.05) is 6.61 Å². The first-order valence-electron chi connectivity index (χ1n) is 9.07. The molecule has 2 heterocycles. The average Bonchev–Trinajstić information content (AvgIpc) is 3.08. The number of aromatic hydroxyl groups is 1.